The van der Waals surface area contributed by atoms with E-state index in [9.17, 15) is 13.6 Å². The summed E-state index contributed by atoms with van der Waals surface area (Å²) >= 11 is 0. The van der Waals surface area contributed by atoms with Crippen molar-refractivity contribution in [3.63, 3.8) is 0 Å². The molecule has 2 N–H and O–H groups in total. The van der Waals surface area contributed by atoms with E-state index >= 15 is 0 Å². The first kappa shape index (κ1) is 17.5. The Hall–Kier alpha value is -3.28. The molecule has 0 aliphatic rings. The highest BCUT2D eigenvalue weighted by atomic mass is 19.2. The summed E-state index contributed by atoms with van der Waals surface area (Å²) in [5.41, 5.74) is 3.48. The van der Waals surface area contributed by atoms with Crippen LogP contribution in [-0.2, 0) is 6.54 Å². The molecule has 0 saturated heterocycles. The molecule has 0 saturated carbocycles. The quantitative estimate of drug-likeness (QED) is 0.708. The minimum atomic E-state index is -1.02. The maximum absolute atomic E-state index is 13.2. The summed E-state index contributed by atoms with van der Waals surface area (Å²) in [5.74, 6) is -2.49. The molecule has 0 unspecified atom stereocenters. The molecule has 4 nitrogen and oxygen atoms in total. The van der Waals surface area contributed by atoms with E-state index in [2.05, 4.69) is 15.6 Å². The van der Waals surface area contributed by atoms with Gasteiger partial charge in [0, 0.05) is 18.3 Å². The Labute approximate surface area is 149 Å². The third kappa shape index (κ3) is 4.22. The summed E-state index contributed by atoms with van der Waals surface area (Å²) in [7, 11) is 0. The molecule has 1 heterocycles. The second-order valence-corrected chi connectivity index (χ2v) is 5.80. The van der Waals surface area contributed by atoms with Crippen LogP contribution in [-0.4, -0.2) is 10.9 Å². The van der Waals surface area contributed by atoms with Gasteiger partial charge in [0.15, 0.2) is 11.6 Å². The predicted octanol–water partition coefficient (Wildman–Crippen LogP) is 4.53. The maximum Gasteiger partial charge on any atom is 0.274 e. The third-order valence-corrected chi connectivity index (χ3v) is 3.92. The topological polar surface area (TPSA) is 54.0 Å². The summed E-state index contributed by atoms with van der Waals surface area (Å²) in [6, 6.07) is 14.5. The molecule has 0 aliphatic heterocycles. The minimum Gasteiger partial charge on any atom is -0.380 e. The normalized spacial score (nSPS) is 10.4. The van der Waals surface area contributed by atoms with Gasteiger partial charge in [-0.3, -0.25) is 4.79 Å². The van der Waals surface area contributed by atoms with Gasteiger partial charge in [0.1, 0.15) is 5.69 Å². The Morgan fingerprint density at radius 3 is 2.46 bits per heavy atom. The summed E-state index contributed by atoms with van der Waals surface area (Å²) in [6.45, 7) is 2.69. The lowest BCUT2D eigenvalue weighted by Gasteiger charge is -2.09. The Balaban J connectivity index is 1.62. The Kier molecular flexibility index (Phi) is 5.22. The molecule has 0 spiro atoms. The number of aromatic nitrogens is 1. The molecule has 0 bridgehead atoms. The summed E-state index contributed by atoms with van der Waals surface area (Å²) in [6.07, 6.45) is 1.55. The van der Waals surface area contributed by atoms with Gasteiger partial charge in [-0.05, 0) is 42.3 Å². The second kappa shape index (κ2) is 7.74. The molecule has 26 heavy (non-hydrogen) atoms. The van der Waals surface area contributed by atoms with E-state index in [0.717, 1.165) is 17.8 Å². The van der Waals surface area contributed by atoms with E-state index in [4.69, 9.17) is 0 Å². The standard InChI is InChI=1S/C20H17F2N3O/c1-13-4-2-3-5-14(13)11-23-16-7-9-19(24-12-16)20(26)25-15-6-8-17(21)18(22)10-15/h2-10,12,23H,11H2,1H3,(H,25,26). The summed E-state index contributed by atoms with van der Waals surface area (Å²) < 4.78 is 26.1. The molecule has 132 valence electrons. The van der Waals surface area contributed by atoms with Gasteiger partial charge in [-0.2, -0.15) is 0 Å². The molecule has 1 amide bonds. The fourth-order valence-electron chi connectivity index (χ4n) is 2.41. The lowest BCUT2D eigenvalue weighted by Crippen LogP contribution is -2.14. The van der Waals surface area contributed by atoms with E-state index < -0.39 is 17.5 Å². The van der Waals surface area contributed by atoms with Crippen LogP contribution in [0.15, 0.2) is 60.8 Å². The highest BCUT2D eigenvalue weighted by molar-refractivity contribution is 6.02. The van der Waals surface area contributed by atoms with Gasteiger partial charge in [0.25, 0.3) is 5.91 Å². The monoisotopic (exact) mass is 353 g/mol. The molecule has 0 radical (unpaired) electrons. The molecule has 1 aromatic heterocycles. The van der Waals surface area contributed by atoms with Crippen molar-refractivity contribution in [3.05, 3.63) is 89.2 Å². The number of carbonyl (C=O) groups is 1. The van der Waals surface area contributed by atoms with Crippen molar-refractivity contribution in [2.24, 2.45) is 0 Å². The van der Waals surface area contributed by atoms with Crippen LogP contribution in [0.2, 0.25) is 0 Å². The van der Waals surface area contributed by atoms with Crippen LogP contribution >= 0.6 is 0 Å². The summed E-state index contributed by atoms with van der Waals surface area (Å²) in [5, 5.41) is 5.73. The molecule has 0 fully saturated rings. The van der Waals surface area contributed by atoms with Gasteiger partial charge in [-0.1, -0.05) is 24.3 Å². The van der Waals surface area contributed by atoms with Gasteiger partial charge in [0.2, 0.25) is 0 Å². The van der Waals surface area contributed by atoms with Crippen molar-refractivity contribution < 1.29 is 13.6 Å². The van der Waals surface area contributed by atoms with Crippen LogP contribution in [0.25, 0.3) is 0 Å². The van der Waals surface area contributed by atoms with Gasteiger partial charge < -0.3 is 10.6 Å². The molecular formula is C20H17F2N3O. The van der Waals surface area contributed by atoms with Crippen molar-refractivity contribution >= 4 is 17.3 Å². The van der Waals surface area contributed by atoms with Crippen LogP contribution in [0.3, 0.4) is 0 Å². The van der Waals surface area contributed by atoms with E-state index in [1.54, 1.807) is 18.3 Å². The molecule has 0 atom stereocenters. The zero-order valence-electron chi connectivity index (χ0n) is 14.1. The first-order valence-electron chi connectivity index (χ1n) is 8.04. The predicted molar refractivity (Wildman–Crippen MR) is 97.1 cm³/mol. The molecule has 2 aromatic carbocycles. The number of anilines is 2. The number of aryl methyl sites for hydroxylation is 1. The van der Waals surface area contributed by atoms with Crippen LogP contribution in [0.1, 0.15) is 21.6 Å². The fourth-order valence-corrected chi connectivity index (χ4v) is 2.41. The van der Waals surface area contributed by atoms with Crippen LogP contribution in [0.4, 0.5) is 20.2 Å². The van der Waals surface area contributed by atoms with E-state index in [1.807, 2.05) is 31.2 Å². The van der Waals surface area contributed by atoms with Crippen molar-refractivity contribution in [2.75, 3.05) is 10.6 Å². The number of amides is 1. The van der Waals surface area contributed by atoms with Crippen molar-refractivity contribution in [1.82, 2.24) is 4.98 Å². The lowest BCUT2D eigenvalue weighted by atomic mass is 10.1. The zero-order chi connectivity index (χ0) is 18.5. The molecular weight excluding hydrogens is 336 g/mol. The number of halogens is 2. The van der Waals surface area contributed by atoms with Crippen molar-refractivity contribution in [2.45, 2.75) is 13.5 Å². The average Bonchev–Trinajstić information content (AvgIpc) is 2.64. The number of nitrogens with one attached hydrogen (secondary N) is 2. The average molecular weight is 353 g/mol. The van der Waals surface area contributed by atoms with E-state index in [0.29, 0.717) is 6.54 Å². The van der Waals surface area contributed by atoms with Gasteiger partial charge in [-0.15, -0.1) is 0 Å². The van der Waals surface area contributed by atoms with Gasteiger partial charge >= 0.3 is 0 Å². The first-order valence-corrected chi connectivity index (χ1v) is 8.04. The fraction of sp³-hybridized carbons (Fsp3) is 0.100. The third-order valence-electron chi connectivity index (χ3n) is 3.92. The molecule has 0 aliphatic carbocycles. The number of carbonyl (C=O) groups excluding carboxylic acids is 1. The van der Waals surface area contributed by atoms with Crippen LogP contribution < -0.4 is 10.6 Å². The number of nitrogens with zero attached hydrogens (tertiary/aromatic N) is 1. The van der Waals surface area contributed by atoms with Crippen molar-refractivity contribution in [1.29, 1.82) is 0 Å². The lowest BCUT2D eigenvalue weighted by molar-refractivity contribution is 0.102. The molecule has 3 aromatic rings. The Morgan fingerprint density at radius 1 is 1.00 bits per heavy atom. The van der Waals surface area contributed by atoms with Gasteiger partial charge in [0.05, 0.1) is 11.9 Å². The number of rotatable bonds is 5. The number of pyridine rings is 1. The van der Waals surface area contributed by atoms with Crippen LogP contribution in [0, 0.1) is 18.6 Å². The van der Waals surface area contributed by atoms with Crippen molar-refractivity contribution in [3.8, 4) is 0 Å². The highest BCUT2D eigenvalue weighted by Gasteiger charge is 2.10. The summed E-state index contributed by atoms with van der Waals surface area (Å²) in [4.78, 5) is 16.2. The number of hydrogen-bond acceptors (Lipinski definition) is 3. The second-order valence-electron chi connectivity index (χ2n) is 5.80. The van der Waals surface area contributed by atoms with E-state index in [1.165, 1.54) is 17.2 Å². The SMILES string of the molecule is Cc1ccccc1CNc1ccc(C(=O)Nc2ccc(F)c(F)c2)nc1. The Bertz CT molecular complexity index is 927. The first-order chi connectivity index (χ1) is 12.5. The van der Waals surface area contributed by atoms with Crippen LogP contribution in [0.5, 0.6) is 0 Å². The number of benzene rings is 2. The molecule has 6 heteroatoms. The molecule has 3 rings (SSSR count). The number of hydrogen-bond donors (Lipinski definition) is 2. The van der Waals surface area contributed by atoms with E-state index in [-0.39, 0.29) is 11.4 Å². The zero-order valence-corrected chi connectivity index (χ0v) is 14.1. The highest BCUT2D eigenvalue weighted by Crippen LogP contribution is 2.15. The maximum atomic E-state index is 13.2. The smallest absolute Gasteiger partial charge is 0.274 e. The minimum absolute atomic E-state index is 0.164. The van der Waals surface area contributed by atoms with Gasteiger partial charge in [-0.25, -0.2) is 13.8 Å². The largest absolute Gasteiger partial charge is 0.380 e. The Morgan fingerprint density at radius 2 is 1.77 bits per heavy atom.